The Balaban J connectivity index is 3.01. The van der Waals surface area contributed by atoms with Crippen molar-refractivity contribution in [3.8, 4) is 0 Å². The molecule has 3 heteroatoms. The molecule has 0 aliphatic rings. The van der Waals surface area contributed by atoms with Crippen LogP contribution in [-0.4, -0.2) is 19.1 Å². The van der Waals surface area contributed by atoms with Crippen molar-refractivity contribution in [3.63, 3.8) is 0 Å². The number of carbonyl (C=O) groups is 1. The lowest BCUT2D eigenvalue weighted by Crippen LogP contribution is -2.47. The summed E-state index contributed by atoms with van der Waals surface area (Å²) in [7, 11) is 0. The third kappa shape index (κ3) is 3.17. The zero-order valence-corrected chi connectivity index (χ0v) is 10.4. The molecule has 92 valence electrons. The summed E-state index contributed by atoms with van der Waals surface area (Å²) in [6.45, 7) is 8.19. The second-order valence-corrected chi connectivity index (χ2v) is 3.88. The van der Waals surface area contributed by atoms with Crippen LogP contribution in [0, 0.1) is 0 Å². The lowest BCUT2D eigenvalue weighted by atomic mass is 9.92. The number of hydrogen-bond acceptors (Lipinski definition) is 3. The minimum Gasteiger partial charge on any atom is -0.464 e. The summed E-state index contributed by atoms with van der Waals surface area (Å²) in [5.41, 5.74) is 0.0613. The van der Waals surface area contributed by atoms with Gasteiger partial charge in [-0.1, -0.05) is 36.4 Å². The predicted molar refractivity (Wildman–Crippen MR) is 68.6 cm³/mol. The van der Waals surface area contributed by atoms with E-state index in [2.05, 4.69) is 11.9 Å². The first-order valence-electron chi connectivity index (χ1n) is 5.73. The summed E-state index contributed by atoms with van der Waals surface area (Å²) in [5, 5.41) is 3.15. The fourth-order valence-electron chi connectivity index (χ4n) is 1.62. The lowest BCUT2D eigenvalue weighted by Gasteiger charge is -2.28. The highest BCUT2D eigenvalue weighted by Gasteiger charge is 2.35. The van der Waals surface area contributed by atoms with Crippen molar-refractivity contribution < 1.29 is 9.53 Å². The Morgan fingerprint density at radius 2 is 2.12 bits per heavy atom. The molecule has 0 spiro atoms. The topological polar surface area (TPSA) is 38.3 Å². The van der Waals surface area contributed by atoms with E-state index >= 15 is 0 Å². The van der Waals surface area contributed by atoms with Gasteiger partial charge in [-0.3, -0.25) is 5.32 Å². The molecule has 0 aromatic heterocycles. The van der Waals surface area contributed by atoms with Gasteiger partial charge in [-0.25, -0.2) is 4.79 Å². The highest BCUT2D eigenvalue weighted by molar-refractivity contribution is 5.82. The van der Waals surface area contributed by atoms with Crippen molar-refractivity contribution in [3.05, 3.63) is 48.6 Å². The zero-order chi connectivity index (χ0) is 12.7. The van der Waals surface area contributed by atoms with Crippen LogP contribution >= 0.6 is 0 Å². The highest BCUT2D eigenvalue weighted by atomic mass is 16.5. The Hall–Kier alpha value is -1.61. The molecular formula is C14H19NO2. The molecule has 1 rings (SSSR count). The van der Waals surface area contributed by atoms with Crippen LogP contribution in [0.25, 0.3) is 0 Å². The molecule has 0 heterocycles. The SMILES string of the molecule is C=CCNC(C)(C(=O)OCC)c1ccccc1. The number of nitrogens with one attached hydrogen (secondary N) is 1. The van der Waals surface area contributed by atoms with Gasteiger partial charge in [0.05, 0.1) is 6.61 Å². The Bertz CT molecular complexity index is 375. The largest absolute Gasteiger partial charge is 0.464 e. The van der Waals surface area contributed by atoms with Crippen molar-refractivity contribution >= 4 is 5.97 Å². The molecular weight excluding hydrogens is 214 g/mol. The van der Waals surface area contributed by atoms with E-state index in [9.17, 15) is 4.79 Å². The normalized spacial score (nSPS) is 13.8. The first-order valence-corrected chi connectivity index (χ1v) is 5.73. The van der Waals surface area contributed by atoms with Gasteiger partial charge < -0.3 is 4.74 Å². The summed E-state index contributed by atoms with van der Waals surface area (Å²) in [6.07, 6.45) is 1.72. The van der Waals surface area contributed by atoms with Crippen LogP contribution in [0.15, 0.2) is 43.0 Å². The van der Waals surface area contributed by atoms with E-state index in [1.54, 1.807) is 13.0 Å². The van der Waals surface area contributed by atoms with Crippen molar-refractivity contribution in [1.82, 2.24) is 5.32 Å². The summed E-state index contributed by atoms with van der Waals surface area (Å²) in [5.74, 6) is -0.270. The molecule has 3 nitrogen and oxygen atoms in total. The van der Waals surface area contributed by atoms with Crippen LogP contribution in [0.5, 0.6) is 0 Å². The first kappa shape index (κ1) is 13.5. The molecule has 0 bridgehead atoms. The van der Waals surface area contributed by atoms with E-state index < -0.39 is 5.54 Å². The quantitative estimate of drug-likeness (QED) is 0.605. The summed E-state index contributed by atoms with van der Waals surface area (Å²) in [6, 6.07) is 9.55. The first-order chi connectivity index (χ1) is 8.15. The van der Waals surface area contributed by atoms with Crippen LogP contribution in [0.1, 0.15) is 19.4 Å². The van der Waals surface area contributed by atoms with Crippen molar-refractivity contribution in [2.75, 3.05) is 13.2 Å². The van der Waals surface area contributed by atoms with Gasteiger partial charge in [0.25, 0.3) is 0 Å². The molecule has 0 aliphatic carbocycles. The van der Waals surface area contributed by atoms with Crippen LogP contribution in [0.4, 0.5) is 0 Å². The molecule has 0 saturated carbocycles. The maximum Gasteiger partial charge on any atom is 0.330 e. The van der Waals surface area contributed by atoms with Gasteiger partial charge in [0.15, 0.2) is 0 Å². The molecule has 1 aromatic carbocycles. The van der Waals surface area contributed by atoms with Crippen molar-refractivity contribution in [2.45, 2.75) is 19.4 Å². The van der Waals surface area contributed by atoms with E-state index in [1.807, 2.05) is 37.3 Å². The average molecular weight is 233 g/mol. The summed E-state index contributed by atoms with van der Waals surface area (Å²) < 4.78 is 5.12. The number of esters is 1. The van der Waals surface area contributed by atoms with Gasteiger partial charge >= 0.3 is 5.97 Å². The Labute approximate surface area is 102 Å². The molecule has 0 saturated heterocycles. The van der Waals surface area contributed by atoms with Gasteiger partial charge in [0, 0.05) is 6.54 Å². The van der Waals surface area contributed by atoms with E-state index in [-0.39, 0.29) is 5.97 Å². The van der Waals surface area contributed by atoms with Crippen molar-refractivity contribution in [1.29, 1.82) is 0 Å². The second kappa shape index (κ2) is 6.21. The molecule has 0 radical (unpaired) electrons. The smallest absolute Gasteiger partial charge is 0.330 e. The molecule has 1 unspecified atom stereocenters. The Morgan fingerprint density at radius 1 is 1.47 bits per heavy atom. The van der Waals surface area contributed by atoms with E-state index in [0.29, 0.717) is 13.2 Å². The molecule has 0 fully saturated rings. The maximum absolute atomic E-state index is 12.1. The molecule has 0 amide bonds. The van der Waals surface area contributed by atoms with E-state index in [0.717, 1.165) is 5.56 Å². The summed E-state index contributed by atoms with van der Waals surface area (Å²) in [4.78, 5) is 12.1. The van der Waals surface area contributed by atoms with E-state index in [1.165, 1.54) is 0 Å². The summed E-state index contributed by atoms with van der Waals surface area (Å²) >= 11 is 0. The van der Waals surface area contributed by atoms with Crippen LogP contribution < -0.4 is 5.32 Å². The van der Waals surface area contributed by atoms with Crippen LogP contribution in [0.3, 0.4) is 0 Å². The molecule has 0 aliphatic heterocycles. The molecule has 17 heavy (non-hydrogen) atoms. The third-order valence-electron chi connectivity index (χ3n) is 2.63. The Kier molecular flexibility index (Phi) is 4.91. The van der Waals surface area contributed by atoms with Crippen LogP contribution in [0.2, 0.25) is 0 Å². The third-order valence-corrected chi connectivity index (χ3v) is 2.63. The highest BCUT2D eigenvalue weighted by Crippen LogP contribution is 2.22. The second-order valence-electron chi connectivity index (χ2n) is 3.88. The molecule has 1 atom stereocenters. The molecule has 1 aromatic rings. The number of rotatable bonds is 6. The standard InChI is InChI=1S/C14H19NO2/c1-4-11-15-14(3,13(16)17-5-2)12-9-7-6-8-10-12/h4,6-10,15H,1,5,11H2,2-3H3. The fourth-order valence-corrected chi connectivity index (χ4v) is 1.62. The van der Waals surface area contributed by atoms with Gasteiger partial charge in [-0.2, -0.15) is 0 Å². The number of hydrogen-bond donors (Lipinski definition) is 1. The average Bonchev–Trinajstić information content (AvgIpc) is 2.37. The van der Waals surface area contributed by atoms with Gasteiger partial charge in [0.1, 0.15) is 5.54 Å². The number of ether oxygens (including phenoxy) is 1. The number of carbonyl (C=O) groups excluding carboxylic acids is 1. The Morgan fingerprint density at radius 3 is 2.65 bits per heavy atom. The minimum absolute atomic E-state index is 0.270. The minimum atomic E-state index is -0.828. The fraction of sp³-hybridized carbons (Fsp3) is 0.357. The lowest BCUT2D eigenvalue weighted by molar-refractivity contribution is -0.150. The van der Waals surface area contributed by atoms with Gasteiger partial charge in [-0.05, 0) is 19.4 Å². The maximum atomic E-state index is 12.1. The zero-order valence-electron chi connectivity index (χ0n) is 10.4. The monoisotopic (exact) mass is 233 g/mol. The van der Waals surface area contributed by atoms with E-state index in [4.69, 9.17) is 4.74 Å². The predicted octanol–water partition coefficient (Wildman–Crippen LogP) is 2.24. The number of benzene rings is 1. The van der Waals surface area contributed by atoms with Crippen molar-refractivity contribution in [2.24, 2.45) is 0 Å². The van der Waals surface area contributed by atoms with Gasteiger partial charge in [0.2, 0.25) is 0 Å². The molecule has 1 N–H and O–H groups in total. The van der Waals surface area contributed by atoms with Gasteiger partial charge in [-0.15, -0.1) is 6.58 Å². The van der Waals surface area contributed by atoms with Crippen LogP contribution in [-0.2, 0) is 15.1 Å².